The van der Waals surface area contributed by atoms with Gasteiger partial charge < -0.3 is 10.6 Å². The third-order valence-corrected chi connectivity index (χ3v) is 2.83. The second kappa shape index (κ2) is 7.02. The number of nitrogens with one attached hydrogen (secondary N) is 2. The van der Waals surface area contributed by atoms with Gasteiger partial charge in [-0.1, -0.05) is 23.7 Å². The molecule has 0 saturated carbocycles. The molecule has 7 heteroatoms. The first kappa shape index (κ1) is 14.5. The van der Waals surface area contributed by atoms with Gasteiger partial charge in [0.05, 0.1) is 11.9 Å². The number of halogens is 1. The Kier molecular flexibility index (Phi) is 5.09. The molecule has 1 aromatic heterocycles. The molecule has 0 saturated heterocycles. The average molecular weight is 294 g/mol. The predicted molar refractivity (Wildman–Crippen MR) is 77.5 cm³/mol. The Hall–Kier alpha value is -1.92. The molecule has 0 aliphatic rings. The summed E-state index contributed by atoms with van der Waals surface area (Å²) in [5.74, 6) is -0.160. The number of hydrogen-bond acceptors (Lipinski definition) is 4. The Bertz CT molecular complexity index is 566. The van der Waals surface area contributed by atoms with E-state index in [1.54, 1.807) is 30.5 Å². The third kappa shape index (κ3) is 4.32. The molecule has 1 heterocycles. The summed E-state index contributed by atoms with van der Waals surface area (Å²) in [5.41, 5.74) is 1.51. The summed E-state index contributed by atoms with van der Waals surface area (Å²) in [5, 5.41) is 14.4. The van der Waals surface area contributed by atoms with E-state index in [1.165, 1.54) is 4.68 Å². The molecule has 0 aliphatic carbocycles. The molecule has 0 atom stereocenters. The molecule has 2 aromatic rings. The molecule has 1 amide bonds. The van der Waals surface area contributed by atoms with E-state index in [0.717, 1.165) is 12.2 Å². The van der Waals surface area contributed by atoms with Crippen molar-refractivity contribution in [2.45, 2.75) is 20.0 Å². The van der Waals surface area contributed by atoms with E-state index < -0.39 is 0 Å². The van der Waals surface area contributed by atoms with Gasteiger partial charge in [0.25, 0.3) is 0 Å². The summed E-state index contributed by atoms with van der Waals surface area (Å²) < 4.78 is 1.51. The summed E-state index contributed by atoms with van der Waals surface area (Å²) in [7, 11) is 0. The second-order valence-corrected chi connectivity index (χ2v) is 4.68. The van der Waals surface area contributed by atoms with Gasteiger partial charge in [0, 0.05) is 17.3 Å². The minimum atomic E-state index is -0.160. The van der Waals surface area contributed by atoms with Crippen LogP contribution in [0.25, 0.3) is 0 Å². The minimum absolute atomic E-state index is 0.127. The summed E-state index contributed by atoms with van der Waals surface area (Å²) >= 11 is 5.78. The summed E-state index contributed by atoms with van der Waals surface area (Å²) in [4.78, 5) is 11.8. The van der Waals surface area contributed by atoms with Crippen molar-refractivity contribution in [3.63, 3.8) is 0 Å². The molecule has 1 aromatic carbocycles. The number of hydrogen-bond donors (Lipinski definition) is 2. The van der Waals surface area contributed by atoms with E-state index in [0.29, 0.717) is 17.3 Å². The van der Waals surface area contributed by atoms with E-state index in [1.807, 2.05) is 6.92 Å². The molecule has 0 unspecified atom stereocenters. The summed E-state index contributed by atoms with van der Waals surface area (Å²) in [6.45, 7) is 3.66. The van der Waals surface area contributed by atoms with E-state index >= 15 is 0 Å². The van der Waals surface area contributed by atoms with Crippen LogP contribution in [0.3, 0.4) is 0 Å². The molecule has 2 rings (SSSR count). The van der Waals surface area contributed by atoms with Gasteiger partial charge >= 0.3 is 0 Å². The molecular formula is C13H16ClN5O. The van der Waals surface area contributed by atoms with Crippen molar-refractivity contribution < 1.29 is 4.79 Å². The molecule has 0 aliphatic heterocycles. The maximum atomic E-state index is 11.8. The quantitative estimate of drug-likeness (QED) is 0.850. The van der Waals surface area contributed by atoms with Gasteiger partial charge in [-0.2, -0.15) is 0 Å². The first-order chi connectivity index (χ1) is 9.67. The Labute approximate surface area is 122 Å². The van der Waals surface area contributed by atoms with Crippen molar-refractivity contribution in [1.29, 1.82) is 0 Å². The number of rotatable bonds is 6. The lowest BCUT2D eigenvalue weighted by Crippen LogP contribution is -2.19. The van der Waals surface area contributed by atoms with E-state index in [-0.39, 0.29) is 12.5 Å². The zero-order chi connectivity index (χ0) is 14.4. The Morgan fingerprint density at radius 3 is 2.80 bits per heavy atom. The van der Waals surface area contributed by atoms with Gasteiger partial charge in [-0.25, -0.2) is 4.68 Å². The van der Waals surface area contributed by atoms with Gasteiger partial charge in [0.1, 0.15) is 6.54 Å². The average Bonchev–Trinajstić information content (AvgIpc) is 2.86. The molecule has 6 nitrogen and oxygen atoms in total. The van der Waals surface area contributed by atoms with Crippen molar-refractivity contribution in [2.75, 3.05) is 11.9 Å². The maximum absolute atomic E-state index is 11.8. The predicted octanol–water partition coefficient (Wildman–Crippen LogP) is 1.68. The Morgan fingerprint density at radius 2 is 2.10 bits per heavy atom. The smallest absolute Gasteiger partial charge is 0.246 e. The highest BCUT2D eigenvalue weighted by molar-refractivity contribution is 6.30. The van der Waals surface area contributed by atoms with Gasteiger partial charge in [-0.3, -0.25) is 4.79 Å². The van der Waals surface area contributed by atoms with Crippen molar-refractivity contribution in [2.24, 2.45) is 0 Å². The SMILES string of the molecule is CCNCc1cn(CC(=O)Nc2ccc(Cl)cc2)nn1. The molecule has 0 bridgehead atoms. The number of carbonyl (C=O) groups excluding carboxylic acids is 1. The lowest BCUT2D eigenvalue weighted by atomic mass is 10.3. The van der Waals surface area contributed by atoms with Crippen molar-refractivity contribution in [3.05, 3.63) is 41.2 Å². The van der Waals surface area contributed by atoms with Crippen LogP contribution in [0.4, 0.5) is 5.69 Å². The molecule has 20 heavy (non-hydrogen) atoms. The molecule has 106 valence electrons. The third-order valence-electron chi connectivity index (χ3n) is 2.58. The van der Waals surface area contributed by atoms with Crippen LogP contribution in [-0.4, -0.2) is 27.4 Å². The molecule has 0 fully saturated rings. The van der Waals surface area contributed by atoms with Gasteiger partial charge in [0.15, 0.2) is 0 Å². The first-order valence-corrected chi connectivity index (χ1v) is 6.70. The fourth-order valence-electron chi connectivity index (χ4n) is 1.63. The highest BCUT2D eigenvalue weighted by Crippen LogP contribution is 2.13. The number of aromatic nitrogens is 3. The number of nitrogens with zero attached hydrogens (tertiary/aromatic N) is 3. The van der Waals surface area contributed by atoms with Crippen LogP contribution in [0.15, 0.2) is 30.5 Å². The van der Waals surface area contributed by atoms with Crippen LogP contribution >= 0.6 is 11.6 Å². The Morgan fingerprint density at radius 1 is 1.35 bits per heavy atom. The van der Waals surface area contributed by atoms with Crippen LogP contribution in [-0.2, 0) is 17.9 Å². The van der Waals surface area contributed by atoms with Crippen molar-refractivity contribution >= 4 is 23.2 Å². The van der Waals surface area contributed by atoms with Crippen LogP contribution in [0.1, 0.15) is 12.6 Å². The van der Waals surface area contributed by atoms with Crippen LogP contribution in [0, 0.1) is 0 Å². The molecule has 2 N–H and O–H groups in total. The summed E-state index contributed by atoms with van der Waals surface area (Å²) in [6, 6.07) is 6.94. The lowest BCUT2D eigenvalue weighted by Gasteiger charge is -2.04. The zero-order valence-corrected chi connectivity index (χ0v) is 11.9. The number of carbonyl (C=O) groups is 1. The van der Waals surface area contributed by atoms with Crippen molar-refractivity contribution in [3.8, 4) is 0 Å². The number of benzene rings is 1. The topological polar surface area (TPSA) is 71.8 Å². The molecule has 0 spiro atoms. The van der Waals surface area contributed by atoms with Gasteiger partial charge in [-0.05, 0) is 30.8 Å². The first-order valence-electron chi connectivity index (χ1n) is 6.32. The largest absolute Gasteiger partial charge is 0.324 e. The van der Waals surface area contributed by atoms with E-state index in [2.05, 4.69) is 20.9 Å². The number of anilines is 1. The van der Waals surface area contributed by atoms with Gasteiger partial charge in [-0.15, -0.1) is 5.10 Å². The monoisotopic (exact) mass is 293 g/mol. The molecule has 0 radical (unpaired) electrons. The zero-order valence-electron chi connectivity index (χ0n) is 11.1. The normalized spacial score (nSPS) is 10.5. The highest BCUT2D eigenvalue weighted by atomic mass is 35.5. The summed E-state index contributed by atoms with van der Waals surface area (Å²) in [6.07, 6.45) is 1.75. The van der Waals surface area contributed by atoms with Crippen molar-refractivity contribution in [1.82, 2.24) is 20.3 Å². The lowest BCUT2D eigenvalue weighted by molar-refractivity contribution is -0.116. The van der Waals surface area contributed by atoms with E-state index in [4.69, 9.17) is 11.6 Å². The Balaban J connectivity index is 1.87. The number of amides is 1. The van der Waals surface area contributed by atoms with Gasteiger partial charge in [0.2, 0.25) is 5.91 Å². The fourth-order valence-corrected chi connectivity index (χ4v) is 1.76. The minimum Gasteiger partial charge on any atom is -0.324 e. The highest BCUT2D eigenvalue weighted by Gasteiger charge is 2.06. The second-order valence-electron chi connectivity index (χ2n) is 4.24. The van der Waals surface area contributed by atoms with Crippen LogP contribution in [0.2, 0.25) is 5.02 Å². The molecular weight excluding hydrogens is 278 g/mol. The van der Waals surface area contributed by atoms with E-state index in [9.17, 15) is 4.79 Å². The fraction of sp³-hybridized carbons (Fsp3) is 0.308. The maximum Gasteiger partial charge on any atom is 0.246 e. The van der Waals surface area contributed by atoms with Crippen LogP contribution < -0.4 is 10.6 Å². The van der Waals surface area contributed by atoms with Crippen LogP contribution in [0.5, 0.6) is 0 Å². The standard InChI is InChI=1S/C13H16ClN5O/c1-2-15-7-12-8-19(18-17-12)9-13(20)16-11-5-3-10(14)4-6-11/h3-6,8,15H,2,7,9H2,1H3,(H,16,20).